The first-order chi connectivity index (χ1) is 32.3. The van der Waals surface area contributed by atoms with Gasteiger partial charge in [-0.2, -0.15) is 0 Å². The Morgan fingerprint density at radius 2 is 1.63 bits per heavy atom. The Morgan fingerprint density at radius 1 is 0.897 bits per heavy atom. The lowest BCUT2D eigenvalue weighted by Gasteiger charge is -2.42. The number of methoxy groups -OCH3 is 3. The van der Waals surface area contributed by atoms with Crippen LogP contribution in [-0.2, 0) is 57.2 Å². The summed E-state index contributed by atoms with van der Waals surface area (Å²) >= 11 is 0. The second kappa shape index (κ2) is 29.5. The van der Waals surface area contributed by atoms with Crippen molar-refractivity contribution in [3.63, 3.8) is 0 Å². The predicted octanol–water partition coefficient (Wildman–Crippen LogP) is 6.65. The summed E-state index contributed by atoms with van der Waals surface area (Å²) in [5.41, 5.74) is 1.30. The molecule has 384 valence electrons. The second-order valence-corrected chi connectivity index (χ2v) is 19.7. The van der Waals surface area contributed by atoms with Crippen molar-refractivity contribution >= 4 is 35.5 Å². The molecule has 2 heterocycles. The molecule has 0 aromatic carbocycles. The number of allylic oxidation sites excluding steroid dienone is 7. The van der Waals surface area contributed by atoms with Crippen LogP contribution in [0.4, 0.5) is 0 Å². The molecule has 2 aliphatic heterocycles. The maximum absolute atomic E-state index is 14.3. The number of amides is 1. The molecular weight excluding hydrogens is 875 g/mol. The number of hydrogen-bond donors (Lipinski definition) is 2. The topological polar surface area (TPSA) is 201 Å². The summed E-state index contributed by atoms with van der Waals surface area (Å²) in [6.07, 6.45) is 15.7. The fourth-order valence-electron chi connectivity index (χ4n) is 9.81. The number of hydrogen-bond acceptors (Lipinski definition) is 14. The Morgan fingerprint density at radius 3 is 2.29 bits per heavy atom. The minimum Gasteiger partial charge on any atom is -0.460 e. The first-order valence-corrected chi connectivity index (χ1v) is 24.8. The second-order valence-electron chi connectivity index (χ2n) is 19.7. The van der Waals surface area contributed by atoms with Crippen molar-refractivity contribution in [1.29, 1.82) is 0 Å². The fraction of sp³-hybridized carbons (Fsp3) is 0.736. The average Bonchev–Trinajstić information content (AvgIpc) is 3.32. The van der Waals surface area contributed by atoms with Gasteiger partial charge in [0.15, 0.2) is 5.78 Å². The SMILES string of the molecule is COCC(=O)[C@H](C)C[C@H](C)/C=C/C=C/C=C(\C)[C@H](C[C@@H]1CC[C@@H](C)[C@](O)(C(=O)C(=O)N2CCCC[C@@H]2C(=O)OC(CC(=O)C(C)/C=C(\C)C=O)C(C)C[C@@H]2CC[C@@H](OCCO)[C@H](OC)C2)O1)OC. The van der Waals surface area contributed by atoms with E-state index in [4.69, 9.17) is 28.4 Å². The summed E-state index contributed by atoms with van der Waals surface area (Å²) in [6, 6.07) is -1.12. The third kappa shape index (κ3) is 17.6. The molecular formula is C53H83NO14. The predicted molar refractivity (Wildman–Crippen MR) is 257 cm³/mol. The van der Waals surface area contributed by atoms with Crippen molar-refractivity contribution in [1.82, 2.24) is 4.90 Å². The number of carbonyl (C=O) groups excluding carboxylic acids is 6. The van der Waals surface area contributed by atoms with Crippen molar-refractivity contribution in [3.05, 3.63) is 47.6 Å². The number of Topliss-reactive ketones (excluding diaryl/α,β-unsaturated/α-hetero) is 3. The number of carbonyl (C=O) groups is 6. The Hall–Kier alpha value is -3.70. The van der Waals surface area contributed by atoms with Gasteiger partial charge in [0.1, 0.15) is 30.8 Å². The van der Waals surface area contributed by atoms with Gasteiger partial charge in [-0.05, 0) is 107 Å². The van der Waals surface area contributed by atoms with Gasteiger partial charge in [-0.15, -0.1) is 0 Å². The highest BCUT2D eigenvalue weighted by Gasteiger charge is 2.53. The van der Waals surface area contributed by atoms with Gasteiger partial charge in [-0.25, -0.2) is 4.79 Å². The molecule has 0 radical (unpaired) electrons. The van der Waals surface area contributed by atoms with Gasteiger partial charge >= 0.3 is 5.97 Å². The highest BCUT2D eigenvalue weighted by atomic mass is 16.6. The van der Waals surface area contributed by atoms with Gasteiger partial charge in [-0.1, -0.05) is 71.1 Å². The summed E-state index contributed by atoms with van der Waals surface area (Å²) in [5.74, 6) is -6.83. The summed E-state index contributed by atoms with van der Waals surface area (Å²) in [5, 5.41) is 21.2. The van der Waals surface area contributed by atoms with Crippen molar-refractivity contribution in [2.45, 2.75) is 168 Å². The number of likely N-dealkylation sites (tertiary alicyclic amines) is 1. The van der Waals surface area contributed by atoms with E-state index in [1.165, 1.54) is 12.0 Å². The molecule has 1 amide bonds. The quantitative estimate of drug-likeness (QED) is 0.0277. The third-order valence-corrected chi connectivity index (χ3v) is 14.1. The van der Waals surface area contributed by atoms with Gasteiger partial charge in [-0.3, -0.25) is 24.0 Å². The molecule has 3 unspecified atom stereocenters. The summed E-state index contributed by atoms with van der Waals surface area (Å²) < 4.78 is 34.8. The van der Waals surface area contributed by atoms with Gasteiger partial charge in [0.2, 0.25) is 5.79 Å². The normalized spacial score (nSPS) is 27.9. The zero-order chi connectivity index (χ0) is 50.6. The molecule has 0 bridgehead atoms. The Labute approximate surface area is 405 Å². The zero-order valence-electron chi connectivity index (χ0n) is 42.5. The highest BCUT2D eigenvalue weighted by Crippen LogP contribution is 2.38. The van der Waals surface area contributed by atoms with Crippen LogP contribution in [0, 0.1) is 35.5 Å². The van der Waals surface area contributed by atoms with Crippen molar-refractivity contribution in [2.75, 3.05) is 47.7 Å². The molecule has 0 aromatic heterocycles. The standard InChI is InChI=1S/C53H83NO14/c1-34(26-38(5)45(58)33-63-8)16-12-11-13-17-36(3)47(64-9)30-42-21-19-40(7)53(62,68-42)50(59)51(60)54-23-15-14-18-43(54)52(61)67-48(31-44(57)37(4)27-35(2)32-56)39(6)28-41-20-22-46(66-25-24-55)49(29-41)65-10/h11-13,16-17,27,32,34,37-43,46-49,55,62H,14-15,18-26,28-31,33H2,1-10H3/b13-11+,16-12+,35-27+,36-17+/t34-,37?,38-,39?,40-,41+,42+,43-,46-,47+,48?,49-,53-/m1/s1. The maximum Gasteiger partial charge on any atom is 0.329 e. The van der Waals surface area contributed by atoms with E-state index in [9.17, 15) is 39.0 Å². The van der Waals surface area contributed by atoms with Gasteiger partial charge in [0, 0.05) is 58.5 Å². The van der Waals surface area contributed by atoms with E-state index >= 15 is 0 Å². The average molecular weight is 958 g/mol. The van der Waals surface area contributed by atoms with Crippen LogP contribution in [0.5, 0.6) is 0 Å². The molecule has 3 fully saturated rings. The smallest absolute Gasteiger partial charge is 0.329 e. The fourth-order valence-corrected chi connectivity index (χ4v) is 9.81. The molecule has 13 atom stereocenters. The molecule has 2 saturated heterocycles. The third-order valence-electron chi connectivity index (χ3n) is 14.1. The van der Waals surface area contributed by atoms with E-state index in [0.717, 1.165) is 18.4 Å². The summed E-state index contributed by atoms with van der Waals surface area (Å²) in [7, 11) is 4.72. The minimum absolute atomic E-state index is 0.0787. The first-order valence-electron chi connectivity index (χ1n) is 24.8. The lowest BCUT2D eigenvalue weighted by atomic mass is 9.78. The Bertz CT molecular complexity index is 1770. The van der Waals surface area contributed by atoms with E-state index in [0.29, 0.717) is 63.2 Å². The molecule has 15 nitrogen and oxygen atoms in total. The van der Waals surface area contributed by atoms with Gasteiger partial charge in [0.05, 0.1) is 37.6 Å². The number of ketones is 3. The monoisotopic (exact) mass is 958 g/mol. The number of rotatable bonds is 28. The van der Waals surface area contributed by atoms with E-state index in [2.05, 4.69) is 6.92 Å². The first kappa shape index (κ1) is 58.6. The molecule has 68 heavy (non-hydrogen) atoms. The molecule has 3 rings (SSSR count). The summed E-state index contributed by atoms with van der Waals surface area (Å²) in [4.78, 5) is 81.0. The van der Waals surface area contributed by atoms with E-state index < -0.39 is 59.6 Å². The van der Waals surface area contributed by atoms with Gasteiger partial charge < -0.3 is 43.5 Å². The molecule has 2 N–H and O–H groups in total. The largest absolute Gasteiger partial charge is 0.460 e. The number of piperidine rings is 1. The number of nitrogens with zero attached hydrogens (tertiary/aromatic N) is 1. The van der Waals surface area contributed by atoms with E-state index in [1.807, 2.05) is 51.2 Å². The van der Waals surface area contributed by atoms with Crippen LogP contribution in [0.15, 0.2) is 47.6 Å². The number of esters is 1. The number of aliphatic hydroxyl groups is 2. The molecule has 1 saturated carbocycles. The van der Waals surface area contributed by atoms with Crippen molar-refractivity contribution in [3.8, 4) is 0 Å². The molecule has 0 aromatic rings. The minimum atomic E-state index is -2.44. The lowest BCUT2D eigenvalue weighted by Crippen LogP contribution is -2.61. The van der Waals surface area contributed by atoms with E-state index in [1.54, 1.807) is 41.1 Å². The van der Waals surface area contributed by atoms with Crippen molar-refractivity contribution < 1.29 is 67.4 Å². The van der Waals surface area contributed by atoms with Crippen LogP contribution in [0.2, 0.25) is 0 Å². The molecule has 3 aliphatic rings. The Balaban J connectivity index is 1.74. The molecule has 0 spiro atoms. The zero-order valence-corrected chi connectivity index (χ0v) is 42.5. The Kier molecular flexibility index (Phi) is 25.4. The molecule has 1 aliphatic carbocycles. The van der Waals surface area contributed by atoms with Crippen molar-refractivity contribution in [2.24, 2.45) is 35.5 Å². The number of aldehydes is 1. The van der Waals surface area contributed by atoms with Crippen LogP contribution in [0.1, 0.15) is 126 Å². The van der Waals surface area contributed by atoms with Crippen LogP contribution >= 0.6 is 0 Å². The maximum atomic E-state index is 14.3. The van der Waals surface area contributed by atoms with E-state index in [-0.39, 0.29) is 86.7 Å². The molecule has 15 heteroatoms. The number of ether oxygens (including phenoxy) is 6. The lowest BCUT2D eigenvalue weighted by molar-refractivity contribution is -0.265. The number of aliphatic hydroxyl groups excluding tert-OH is 1. The van der Waals surface area contributed by atoms with Crippen LogP contribution in [0.25, 0.3) is 0 Å². The van der Waals surface area contributed by atoms with Crippen LogP contribution in [-0.4, -0.2) is 141 Å². The van der Waals surface area contributed by atoms with Crippen LogP contribution in [0.3, 0.4) is 0 Å². The highest BCUT2D eigenvalue weighted by molar-refractivity contribution is 6.39. The summed E-state index contributed by atoms with van der Waals surface area (Å²) in [6.45, 7) is 13.1. The van der Waals surface area contributed by atoms with Crippen LogP contribution < -0.4 is 0 Å². The van der Waals surface area contributed by atoms with Gasteiger partial charge in [0.25, 0.3) is 11.7 Å².